The third-order valence-corrected chi connectivity index (χ3v) is 5.30. The highest BCUT2D eigenvalue weighted by molar-refractivity contribution is 7.89. The highest BCUT2D eigenvalue weighted by Gasteiger charge is 2.31. The lowest BCUT2D eigenvalue weighted by Crippen LogP contribution is -2.45. The van der Waals surface area contributed by atoms with Crippen molar-refractivity contribution in [3.05, 3.63) is 64.7 Å². The van der Waals surface area contributed by atoms with Crippen LogP contribution < -0.4 is 10.5 Å². The summed E-state index contributed by atoms with van der Waals surface area (Å²) in [6, 6.07) is 9.83. The summed E-state index contributed by atoms with van der Waals surface area (Å²) in [4.78, 5) is 11.3. The van der Waals surface area contributed by atoms with Crippen molar-refractivity contribution in [1.82, 2.24) is 4.72 Å². The Morgan fingerprint density at radius 1 is 1.17 bits per heavy atom. The molecule has 4 N–H and O–H groups in total. The molecule has 0 aliphatic rings. The standard InChI is InChI=1S/C16H17ClN2O4S/c1-10-6-8-11(9-7-10)24(22,23)19-15(14(18)16(20)21)12-4-2-3-5-13(12)17/h2-9,14-15,19H,18H2,1H3,(H,20,21)/t14-,15+/m1/s1. The number of halogens is 1. The van der Waals surface area contributed by atoms with Gasteiger partial charge in [0, 0.05) is 5.02 Å². The van der Waals surface area contributed by atoms with Crippen molar-refractivity contribution in [3.63, 3.8) is 0 Å². The highest BCUT2D eigenvalue weighted by Crippen LogP contribution is 2.26. The number of carboxylic acids is 1. The van der Waals surface area contributed by atoms with Crippen molar-refractivity contribution < 1.29 is 18.3 Å². The molecule has 0 radical (unpaired) electrons. The fraction of sp³-hybridized carbons (Fsp3) is 0.188. The van der Waals surface area contributed by atoms with E-state index in [1.807, 2.05) is 6.92 Å². The van der Waals surface area contributed by atoms with Gasteiger partial charge in [-0.1, -0.05) is 47.5 Å². The molecule has 6 nitrogen and oxygen atoms in total. The predicted molar refractivity (Wildman–Crippen MR) is 91.3 cm³/mol. The van der Waals surface area contributed by atoms with Gasteiger partial charge in [0.15, 0.2) is 0 Å². The maximum absolute atomic E-state index is 12.6. The molecule has 0 aliphatic heterocycles. The lowest BCUT2D eigenvalue weighted by atomic mass is 10.0. The number of nitrogens with two attached hydrogens (primary N) is 1. The summed E-state index contributed by atoms with van der Waals surface area (Å²) in [6.07, 6.45) is 0. The van der Waals surface area contributed by atoms with E-state index in [9.17, 15) is 18.3 Å². The lowest BCUT2D eigenvalue weighted by Gasteiger charge is -2.23. The number of nitrogens with one attached hydrogen (secondary N) is 1. The van der Waals surface area contributed by atoms with E-state index in [1.165, 1.54) is 18.2 Å². The molecule has 0 amide bonds. The monoisotopic (exact) mass is 368 g/mol. The largest absolute Gasteiger partial charge is 0.480 e. The molecule has 0 bridgehead atoms. The average Bonchev–Trinajstić information content (AvgIpc) is 2.53. The van der Waals surface area contributed by atoms with E-state index in [-0.39, 0.29) is 9.92 Å². The van der Waals surface area contributed by atoms with Gasteiger partial charge in [0.05, 0.1) is 10.9 Å². The van der Waals surface area contributed by atoms with E-state index in [0.29, 0.717) is 5.56 Å². The van der Waals surface area contributed by atoms with Crippen LogP contribution in [0, 0.1) is 6.92 Å². The van der Waals surface area contributed by atoms with E-state index >= 15 is 0 Å². The van der Waals surface area contributed by atoms with Crippen LogP contribution in [-0.4, -0.2) is 25.5 Å². The van der Waals surface area contributed by atoms with Gasteiger partial charge in [-0.2, -0.15) is 0 Å². The van der Waals surface area contributed by atoms with Crippen molar-refractivity contribution in [2.24, 2.45) is 5.73 Å². The van der Waals surface area contributed by atoms with Crippen LogP contribution >= 0.6 is 11.6 Å². The number of benzene rings is 2. The molecule has 0 aliphatic carbocycles. The van der Waals surface area contributed by atoms with Gasteiger partial charge in [0.1, 0.15) is 6.04 Å². The molecule has 2 aromatic carbocycles. The molecule has 0 fully saturated rings. The SMILES string of the molecule is Cc1ccc(S(=O)(=O)N[C@@H](c2ccccc2Cl)[C@@H](N)C(=O)O)cc1. The first kappa shape index (κ1) is 18.4. The van der Waals surface area contributed by atoms with Crippen molar-refractivity contribution in [2.45, 2.75) is 23.9 Å². The van der Waals surface area contributed by atoms with Crippen molar-refractivity contribution in [1.29, 1.82) is 0 Å². The van der Waals surface area contributed by atoms with Crippen LogP contribution in [0.4, 0.5) is 0 Å². The Bertz CT molecular complexity index is 837. The number of rotatable bonds is 6. The third-order valence-electron chi connectivity index (χ3n) is 3.50. The topological polar surface area (TPSA) is 109 Å². The third kappa shape index (κ3) is 4.12. The first-order valence-corrected chi connectivity index (χ1v) is 8.90. The molecule has 8 heteroatoms. The molecule has 0 saturated carbocycles. The molecule has 0 aromatic heterocycles. The second-order valence-electron chi connectivity index (χ2n) is 5.30. The second kappa shape index (κ2) is 7.31. The zero-order chi connectivity index (χ0) is 17.9. The number of sulfonamides is 1. The molecular weight excluding hydrogens is 352 g/mol. The molecule has 0 heterocycles. The number of carbonyl (C=O) groups is 1. The second-order valence-corrected chi connectivity index (χ2v) is 7.42. The van der Waals surface area contributed by atoms with E-state index in [2.05, 4.69) is 4.72 Å². The Morgan fingerprint density at radius 3 is 2.29 bits per heavy atom. The zero-order valence-corrected chi connectivity index (χ0v) is 14.4. The average molecular weight is 369 g/mol. The van der Waals surface area contributed by atoms with Crippen LogP contribution in [0.1, 0.15) is 17.2 Å². The molecule has 0 unspecified atom stereocenters. The van der Waals surface area contributed by atoms with Gasteiger partial charge >= 0.3 is 5.97 Å². The van der Waals surface area contributed by atoms with E-state index in [0.717, 1.165) is 5.56 Å². The molecule has 2 atom stereocenters. The summed E-state index contributed by atoms with van der Waals surface area (Å²) in [5, 5.41) is 9.43. The summed E-state index contributed by atoms with van der Waals surface area (Å²) in [7, 11) is -3.97. The minimum Gasteiger partial charge on any atom is -0.480 e. The Balaban J connectivity index is 2.43. The summed E-state index contributed by atoms with van der Waals surface area (Å²) in [5.41, 5.74) is 6.88. The highest BCUT2D eigenvalue weighted by atomic mass is 35.5. The number of aryl methyl sites for hydroxylation is 1. The quantitative estimate of drug-likeness (QED) is 0.723. The van der Waals surface area contributed by atoms with Gasteiger partial charge < -0.3 is 10.8 Å². The van der Waals surface area contributed by atoms with Crippen LogP contribution in [-0.2, 0) is 14.8 Å². The summed E-state index contributed by atoms with van der Waals surface area (Å²) in [5.74, 6) is -1.34. The molecule has 0 spiro atoms. The first-order chi connectivity index (χ1) is 11.2. The fourth-order valence-electron chi connectivity index (χ4n) is 2.15. The summed E-state index contributed by atoms with van der Waals surface area (Å²) in [6.45, 7) is 1.83. The number of hydrogen-bond acceptors (Lipinski definition) is 4. The Morgan fingerprint density at radius 2 is 1.75 bits per heavy atom. The molecule has 2 rings (SSSR count). The van der Waals surface area contributed by atoms with Gasteiger partial charge in [0.2, 0.25) is 10.0 Å². The summed E-state index contributed by atoms with van der Waals surface area (Å²) < 4.78 is 27.5. The van der Waals surface area contributed by atoms with E-state index in [1.54, 1.807) is 30.3 Å². The molecule has 24 heavy (non-hydrogen) atoms. The zero-order valence-electron chi connectivity index (χ0n) is 12.8. The fourth-order valence-corrected chi connectivity index (χ4v) is 3.64. The van der Waals surface area contributed by atoms with E-state index < -0.39 is 28.1 Å². The molecule has 2 aromatic rings. The van der Waals surface area contributed by atoms with Gasteiger partial charge in [-0.15, -0.1) is 0 Å². The van der Waals surface area contributed by atoms with Gasteiger partial charge in [-0.25, -0.2) is 13.1 Å². The van der Waals surface area contributed by atoms with E-state index in [4.69, 9.17) is 17.3 Å². The Kier molecular flexibility index (Phi) is 5.61. The minimum atomic E-state index is -3.97. The molecule has 0 saturated heterocycles. The number of hydrogen-bond donors (Lipinski definition) is 3. The molecular formula is C16H17ClN2O4S. The number of carboxylic acid groups (broad SMARTS) is 1. The normalized spacial score (nSPS) is 14.1. The minimum absolute atomic E-state index is 0.0164. The maximum atomic E-state index is 12.6. The number of aliphatic carboxylic acids is 1. The van der Waals surface area contributed by atoms with Crippen molar-refractivity contribution >= 4 is 27.6 Å². The van der Waals surface area contributed by atoms with Crippen LogP contribution in [0.25, 0.3) is 0 Å². The summed E-state index contributed by atoms with van der Waals surface area (Å²) >= 11 is 6.08. The smallest absolute Gasteiger partial charge is 0.322 e. The lowest BCUT2D eigenvalue weighted by molar-refractivity contribution is -0.139. The Labute approximate surface area is 145 Å². The van der Waals surface area contributed by atoms with Gasteiger partial charge in [0.25, 0.3) is 0 Å². The van der Waals surface area contributed by atoms with Crippen LogP contribution in [0.2, 0.25) is 5.02 Å². The van der Waals surface area contributed by atoms with Crippen molar-refractivity contribution in [2.75, 3.05) is 0 Å². The van der Waals surface area contributed by atoms with Gasteiger partial charge in [-0.05, 0) is 30.7 Å². The Hall–Kier alpha value is -1.93. The van der Waals surface area contributed by atoms with Crippen LogP contribution in [0.15, 0.2) is 53.4 Å². The van der Waals surface area contributed by atoms with Crippen LogP contribution in [0.5, 0.6) is 0 Å². The first-order valence-electron chi connectivity index (χ1n) is 7.04. The maximum Gasteiger partial charge on any atom is 0.322 e. The molecule has 128 valence electrons. The van der Waals surface area contributed by atoms with Crippen LogP contribution in [0.3, 0.4) is 0 Å². The van der Waals surface area contributed by atoms with Crippen molar-refractivity contribution in [3.8, 4) is 0 Å². The van der Waals surface area contributed by atoms with Gasteiger partial charge in [-0.3, -0.25) is 4.79 Å². The predicted octanol–water partition coefficient (Wildman–Crippen LogP) is 2.08.